The van der Waals surface area contributed by atoms with Gasteiger partial charge in [0.25, 0.3) is 5.56 Å². The number of esters is 1. The van der Waals surface area contributed by atoms with Crippen molar-refractivity contribution in [3.8, 4) is 11.1 Å². The highest BCUT2D eigenvalue weighted by molar-refractivity contribution is 7.21. The molecule has 3 aromatic heterocycles. The molecule has 0 saturated heterocycles. The number of nitrogens with one attached hydrogen (secondary N) is 1. The van der Waals surface area contributed by atoms with E-state index in [1.165, 1.54) is 22.2 Å². The summed E-state index contributed by atoms with van der Waals surface area (Å²) in [5.41, 5.74) is 1.12. The number of hydrogen-bond donors (Lipinski definition) is 1. The minimum Gasteiger partial charge on any atom is -0.462 e. The molecule has 1 N–H and O–H groups in total. The number of hydrogen-bond acceptors (Lipinski definition) is 7. The number of nitrogens with zero attached hydrogens (tertiary/aromatic N) is 2. The minimum atomic E-state index is -0.585. The highest BCUT2D eigenvalue weighted by Gasteiger charge is 2.26. The van der Waals surface area contributed by atoms with Crippen LogP contribution in [0.25, 0.3) is 21.3 Å². The summed E-state index contributed by atoms with van der Waals surface area (Å²) in [5, 5.41) is 5.20. The van der Waals surface area contributed by atoms with Gasteiger partial charge in [-0.2, -0.15) is 0 Å². The monoisotopic (exact) mass is 473 g/mol. The SMILES string of the molecule is CCOC(=O)c1c(NC(=O)Cn2cnc3sccc3c2=O)sc(Cl)c1-c1ccccc1. The van der Waals surface area contributed by atoms with Gasteiger partial charge in [0.2, 0.25) is 5.91 Å². The number of halogens is 1. The van der Waals surface area contributed by atoms with Crippen molar-refractivity contribution in [2.24, 2.45) is 0 Å². The first-order chi connectivity index (χ1) is 15.0. The van der Waals surface area contributed by atoms with Gasteiger partial charge in [0.15, 0.2) is 0 Å². The molecule has 0 aliphatic rings. The lowest BCUT2D eigenvalue weighted by Crippen LogP contribution is -2.27. The van der Waals surface area contributed by atoms with Crippen LogP contribution in [0, 0.1) is 0 Å². The maximum absolute atomic E-state index is 12.7. The summed E-state index contributed by atoms with van der Waals surface area (Å²) in [5.74, 6) is -1.07. The van der Waals surface area contributed by atoms with Gasteiger partial charge in [0, 0.05) is 5.56 Å². The lowest BCUT2D eigenvalue weighted by atomic mass is 10.0. The van der Waals surface area contributed by atoms with E-state index in [1.807, 2.05) is 30.3 Å². The zero-order chi connectivity index (χ0) is 22.0. The molecular weight excluding hydrogens is 458 g/mol. The number of thiophene rings is 2. The van der Waals surface area contributed by atoms with Crippen molar-refractivity contribution in [3.05, 3.63) is 68.4 Å². The second kappa shape index (κ2) is 9.01. The molecule has 4 aromatic rings. The molecule has 0 radical (unpaired) electrons. The second-order valence-electron chi connectivity index (χ2n) is 6.41. The second-order valence-corrected chi connectivity index (χ2v) is 8.92. The molecule has 0 aliphatic carbocycles. The van der Waals surface area contributed by atoms with E-state index in [0.717, 1.165) is 16.9 Å². The van der Waals surface area contributed by atoms with E-state index in [1.54, 1.807) is 18.4 Å². The summed E-state index contributed by atoms with van der Waals surface area (Å²) in [6.45, 7) is 1.62. The number of aromatic nitrogens is 2. The molecule has 0 spiro atoms. The fourth-order valence-electron chi connectivity index (χ4n) is 3.08. The quantitative estimate of drug-likeness (QED) is 0.411. The Morgan fingerprint density at radius 2 is 2.00 bits per heavy atom. The molecule has 4 rings (SSSR count). The van der Waals surface area contributed by atoms with Crippen LogP contribution in [0.5, 0.6) is 0 Å². The van der Waals surface area contributed by atoms with Crippen molar-refractivity contribution in [3.63, 3.8) is 0 Å². The lowest BCUT2D eigenvalue weighted by molar-refractivity contribution is -0.116. The van der Waals surface area contributed by atoms with E-state index >= 15 is 0 Å². The number of carbonyl (C=O) groups is 2. The van der Waals surface area contributed by atoms with Crippen LogP contribution < -0.4 is 10.9 Å². The highest BCUT2D eigenvalue weighted by Crippen LogP contribution is 2.43. The molecule has 1 aromatic carbocycles. The third-order valence-electron chi connectivity index (χ3n) is 4.42. The Hall–Kier alpha value is -3.01. The van der Waals surface area contributed by atoms with Crippen molar-refractivity contribution in [2.75, 3.05) is 11.9 Å². The molecule has 0 atom stereocenters. The Bertz CT molecular complexity index is 1330. The van der Waals surface area contributed by atoms with Gasteiger partial charge in [-0.3, -0.25) is 14.2 Å². The van der Waals surface area contributed by atoms with Crippen LogP contribution in [0.3, 0.4) is 0 Å². The summed E-state index contributed by atoms with van der Waals surface area (Å²) in [7, 11) is 0. The van der Waals surface area contributed by atoms with Crippen LogP contribution in [-0.4, -0.2) is 28.0 Å². The molecule has 0 fully saturated rings. The zero-order valence-electron chi connectivity index (χ0n) is 16.3. The van der Waals surface area contributed by atoms with Gasteiger partial charge in [-0.25, -0.2) is 9.78 Å². The molecular formula is C21H16ClN3O4S2. The average Bonchev–Trinajstić information content (AvgIpc) is 3.35. The molecule has 1 amide bonds. The number of rotatable bonds is 6. The number of anilines is 1. The number of carbonyl (C=O) groups excluding carboxylic acids is 2. The van der Waals surface area contributed by atoms with Gasteiger partial charge in [-0.15, -0.1) is 22.7 Å². The zero-order valence-corrected chi connectivity index (χ0v) is 18.6. The molecule has 158 valence electrons. The van der Waals surface area contributed by atoms with Crippen molar-refractivity contribution in [1.82, 2.24) is 9.55 Å². The van der Waals surface area contributed by atoms with Gasteiger partial charge in [-0.1, -0.05) is 41.9 Å². The third kappa shape index (κ3) is 4.25. The van der Waals surface area contributed by atoms with Crippen LogP contribution in [0.4, 0.5) is 5.00 Å². The van der Waals surface area contributed by atoms with Crippen molar-refractivity contribution in [2.45, 2.75) is 13.5 Å². The van der Waals surface area contributed by atoms with Gasteiger partial charge in [0.05, 0.1) is 18.3 Å². The fraction of sp³-hybridized carbons (Fsp3) is 0.143. The maximum Gasteiger partial charge on any atom is 0.341 e. The average molecular weight is 474 g/mol. The molecule has 10 heteroatoms. The topological polar surface area (TPSA) is 90.3 Å². The predicted octanol–water partition coefficient (Wildman–Crippen LogP) is 4.66. The first-order valence-corrected chi connectivity index (χ1v) is 11.3. The Labute approximate surface area is 189 Å². The van der Waals surface area contributed by atoms with Crippen molar-refractivity contribution < 1.29 is 14.3 Å². The van der Waals surface area contributed by atoms with Gasteiger partial charge in [-0.05, 0) is 23.9 Å². The number of ether oxygens (including phenoxy) is 1. The molecule has 0 bridgehead atoms. The number of amides is 1. The number of benzene rings is 1. The molecule has 3 heterocycles. The van der Waals surface area contributed by atoms with E-state index in [9.17, 15) is 14.4 Å². The normalized spacial score (nSPS) is 10.9. The molecule has 0 unspecified atom stereocenters. The predicted molar refractivity (Wildman–Crippen MR) is 123 cm³/mol. The maximum atomic E-state index is 12.7. The molecule has 7 nitrogen and oxygen atoms in total. The van der Waals surface area contributed by atoms with Gasteiger partial charge < -0.3 is 10.1 Å². The minimum absolute atomic E-state index is 0.176. The number of fused-ring (bicyclic) bond motifs is 1. The summed E-state index contributed by atoms with van der Waals surface area (Å²) < 4.78 is 6.77. The smallest absolute Gasteiger partial charge is 0.341 e. The summed E-state index contributed by atoms with van der Waals surface area (Å²) >= 11 is 8.87. The highest BCUT2D eigenvalue weighted by atomic mass is 35.5. The first-order valence-electron chi connectivity index (χ1n) is 9.27. The van der Waals surface area contributed by atoms with Gasteiger partial charge >= 0.3 is 5.97 Å². The Morgan fingerprint density at radius 1 is 1.23 bits per heavy atom. The third-order valence-corrected chi connectivity index (χ3v) is 6.56. The molecule has 31 heavy (non-hydrogen) atoms. The summed E-state index contributed by atoms with van der Waals surface area (Å²) in [6.07, 6.45) is 1.34. The van der Waals surface area contributed by atoms with E-state index in [-0.39, 0.29) is 29.3 Å². The lowest BCUT2D eigenvalue weighted by Gasteiger charge is -2.09. The molecule has 0 aliphatic heterocycles. The van der Waals surface area contributed by atoms with E-state index in [4.69, 9.17) is 16.3 Å². The fourth-order valence-corrected chi connectivity index (χ4v) is 5.19. The van der Waals surface area contributed by atoms with E-state index in [0.29, 0.717) is 20.1 Å². The van der Waals surface area contributed by atoms with E-state index < -0.39 is 11.9 Å². The van der Waals surface area contributed by atoms with E-state index in [2.05, 4.69) is 10.3 Å². The Balaban J connectivity index is 1.67. The van der Waals surface area contributed by atoms with Crippen LogP contribution in [0.2, 0.25) is 4.34 Å². The largest absolute Gasteiger partial charge is 0.462 e. The Kier molecular flexibility index (Phi) is 6.17. The van der Waals surface area contributed by atoms with Crippen LogP contribution >= 0.6 is 34.3 Å². The van der Waals surface area contributed by atoms with Gasteiger partial charge in [0.1, 0.15) is 26.3 Å². The Morgan fingerprint density at radius 3 is 2.74 bits per heavy atom. The standard InChI is InChI=1S/C21H16ClN3O4S2/c1-2-29-21(28)16-15(12-6-4-3-5-7-12)17(22)31-19(16)24-14(26)10-25-11-23-18-13(20(25)27)8-9-30-18/h3-9,11H,2,10H2,1H3,(H,24,26). The van der Waals surface area contributed by atoms with Crippen LogP contribution in [-0.2, 0) is 16.1 Å². The van der Waals surface area contributed by atoms with Crippen LogP contribution in [0.15, 0.2) is 52.9 Å². The van der Waals surface area contributed by atoms with Crippen molar-refractivity contribution >= 4 is 61.4 Å². The van der Waals surface area contributed by atoms with Crippen molar-refractivity contribution in [1.29, 1.82) is 0 Å². The molecule has 0 saturated carbocycles. The van der Waals surface area contributed by atoms with Crippen LogP contribution in [0.1, 0.15) is 17.3 Å². The summed E-state index contributed by atoms with van der Waals surface area (Å²) in [4.78, 5) is 42.8. The first kappa shape index (κ1) is 21.2. The summed E-state index contributed by atoms with van der Waals surface area (Å²) in [6, 6.07) is 10.8.